The Bertz CT molecular complexity index is 1170. The van der Waals surface area contributed by atoms with Crippen molar-refractivity contribution in [1.82, 2.24) is 10.9 Å². The van der Waals surface area contributed by atoms with Gasteiger partial charge in [-0.3, -0.25) is 25.2 Å². The third kappa shape index (κ3) is 6.40. The molecule has 34 heavy (non-hydrogen) atoms. The highest BCUT2D eigenvalue weighted by Gasteiger charge is 2.21. The summed E-state index contributed by atoms with van der Waals surface area (Å²) >= 11 is 7.59. The molecule has 2 N–H and O–H groups in total. The van der Waals surface area contributed by atoms with Crippen LogP contribution in [-0.4, -0.2) is 24.3 Å². The molecule has 174 valence electrons. The average Bonchev–Trinajstić information content (AvgIpc) is 3.29. The van der Waals surface area contributed by atoms with Crippen molar-refractivity contribution in [2.24, 2.45) is 0 Å². The molecular weight excluding hydrogens is 470 g/mol. The highest BCUT2D eigenvalue weighted by atomic mass is 35.5. The summed E-state index contributed by atoms with van der Waals surface area (Å²) in [6.45, 7) is 0.729. The summed E-state index contributed by atoms with van der Waals surface area (Å²) in [6.07, 6.45) is 1.57. The highest BCUT2D eigenvalue weighted by Crippen LogP contribution is 2.24. The molecule has 0 bridgehead atoms. The van der Waals surface area contributed by atoms with Gasteiger partial charge in [0, 0.05) is 39.9 Å². The summed E-state index contributed by atoms with van der Waals surface area (Å²) < 4.78 is 0. The van der Waals surface area contributed by atoms with E-state index in [4.69, 9.17) is 11.6 Å². The average molecular weight is 494 g/mol. The quantitative estimate of drug-likeness (QED) is 0.367. The number of carbonyl (C=O) groups is 3. The maximum atomic E-state index is 12.4. The number of thioether (sulfide) groups is 1. The molecule has 0 aromatic heterocycles. The predicted octanol–water partition coefficient (Wildman–Crippen LogP) is 4.76. The van der Waals surface area contributed by atoms with E-state index in [9.17, 15) is 14.4 Å². The van der Waals surface area contributed by atoms with Gasteiger partial charge in [-0.2, -0.15) is 0 Å². The molecule has 0 spiro atoms. The molecule has 0 atom stereocenters. The van der Waals surface area contributed by atoms with Crippen LogP contribution in [0.3, 0.4) is 0 Å². The van der Waals surface area contributed by atoms with Crippen LogP contribution in [0.2, 0.25) is 5.02 Å². The van der Waals surface area contributed by atoms with Gasteiger partial charge in [0.05, 0.1) is 6.42 Å². The van der Waals surface area contributed by atoms with Gasteiger partial charge >= 0.3 is 0 Å². The van der Waals surface area contributed by atoms with Crippen molar-refractivity contribution in [3.8, 4) is 0 Å². The van der Waals surface area contributed by atoms with E-state index in [2.05, 4.69) is 10.9 Å². The number of rotatable bonds is 7. The van der Waals surface area contributed by atoms with Gasteiger partial charge in [0.1, 0.15) is 0 Å². The number of halogens is 1. The first-order chi connectivity index (χ1) is 16.5. The van der Waals surface area contributed by atoms with Crippen molar-refractivity contribution in [3.63, 3.8) is 0 Å². The molecule has 0 saturated carbocycles. The number of hydrogen-bond donors (Lipinski definition) is 2. The van der Waals surface area contributed by atoms with Crippen molar-refractivity contribution in [3.05, 3.63) is 94.5 Å². The number of benzene rings is 3. The lowest BCUT2D eigenvalue weighted by atomic mass is 10.1. The van der Waals surface area contributed by atoms with Crippen LogP contribution in [-0.2, 0) is 21.8 Å². The monoisotopic (exact) mass is 493 g/mol. The van der Waals surface area contributed by atoms with Gasteiger partial charge < -0.3 is 4.90 Å². The van der Waals surface area contributed by atoms with Crippen LogP contribution in [0.25, 0.3) is 0 Å². The van der Waals surface area contributed by atoms with Crippen LogP contribution in [0.1, 0.15) is 34.3 Å². The first kappa shape index (κ1) is 23.9. The normalized spacial score (nSPS) is 13.1. The summed E-state index contributed by atoms with van der Waals surface area (Å²) in [5.74, 6) is 0.189. The largest absolute Gasteiger partial charge is 0.312 e. The second kappa shape index (κ2) is 11.2. The lowest BCUT2D eigenvalue weighted by Crippen LogP contribution is -2.42. The summed E-state index contributed by atoms with van der Waals surface area (Å²) in [5, 5.41) is 0.708. The first-order valence-corrected chi connectivity index (χ1v) is 12.3. The van der Waals surface area contributed by atoms with Gasteiger partial charge in [-0.1, -0.05) is 35.9 Å². The molecule has 6 nitrogen and oxygen atoms in total. The smallest absolute Gasteiger partial charge is 0.269 e. The summed E-state index contributed by atoms with van der Waals surface area (Å²) in [6, 6.07) is 22.3. The Kier molecular flexibility index (Phi) is 7.87. The summed E-state index contributed by atoms with van der Waals surface area (Å²) in [5.41, 5.74) is 8.09. The van der Waals surface area contributed by atoms with Crippen LogP contribution in [0.4, 0.5) is 5.69 Å². The molecule has 8 heteroatoms. The van der Waals surface area contributed by atoms with E-state index in [0.29, 0.717) is 17.0 Å². The molecule has 4 rings (SSSR count). The van der Waals surface area contributed by atoms with Crippen molar-refractivity contribution in [2.45, 2.75) is 29.9 Å². The molecule has 0 radical (unpaired) electrons. The minimum Gasteiger partial charge on any atom is -0.312 e. The van der Waals surface area contributed by atoms with Gasteiger partial charge in [-0.25, -0.2) is 0 Å². The van der Waals surface area contributed by atoms with E-state index in [-0.39, 0.29) is 24.1 Å². The molecule has 3 amide bonds. The molecular formula is C26H24ClN3O3S. The van der Waals surface area contributed by atoms with Gasteiger partial charge in [0.2, 0.25) is 11.8 Å². The molecule has 1 heterocycles. The van der Waals surface area contributed by atoms with Gasteiger partial charge in [0.15, 0.2) is 0 Å². The zero-order valence-corrected chi connectivity index (χ0v) is 20.0. The molecule has 0 unspecified atom stereocenters. The number of nitrogens with zero attached hydrogens (tertiary/aromatic N) is 1. The lowest BCUT2D eigenvalue weighted by molar-refractivity contribution is -0.121. The van der Waals surface area contributed by atoms with Gasteiger partial charge in [-0.15, -0.1) is 11.8 Å². The molecule has 1 aliphatic rings. The predicted molar refractivity (Wildman–Crippen MR) is 135 cm³/mol. The van der Waals surface area contributed by atoms with Crippen LogP contribution in [0, 0.1) is 0 Å². The molecule has 1 fully saturated rings. The van der Waals surface area contributed by atoms with E-state index in [1.165, 1.54) is 0 Å². The van der Waals surface area contributed by atoms with Gasteiger partial charge in [0.25, 0.3) is 5.91 Å². The lowest BCUT2D eigenvalue weighted by Gasteiger charge is -2.16. The fourth-order valence-corrected chi connectivity index (χ4v) is 4.57. The van der Waals surface area contributed by atoms with Crippen molar-refractivity contribution >= 4 is 46.8 Å². The molecule has 1 saturated heterocycles. The zero-order chi connectivity index (χ0) is 23.9. The minimum absolute atomic E-state index is 0.120. The maximum absolute atomic E-state index is 12.4. The minimum atomic E-state index is -0.381. The van der Waals surface area contributed by atoms with Crippen LogP contribution >= 0.6 is 23.4 Å². The molecule has 3 aromatic carbocycles. The van der Waals surface area contributed by atoms with Crippen LogP contribution < -0.4 is 15.8 Å². The van der Waals surface area contributed by atoms with Crippen LogP contribution in [0.15, 0.2) is 77.7 Å². The Balaban J connectivity index is 1.22. The Hall–Kier alpha value is -3.29. The van der Waals surface area contributed by atoms with Crippen molar-refractivity contribution in [2.75, 3.05) is 11.4 Å². The standard InChI is InChI=1S/C26H24ClN3O3S/c27-21-9-13-23(14-10-21)34-17-19-3-7-20(8-4-19)26(33)29-28-24(31)16-18-5-11-22(12-6-18)30-15-1-2-25(30)32/h3-14H,1-2,15-17H2,(H,28,31)(H,29,33). The van der Waals surface area contributed by atoms with Crippen molar-refractivity contribution in [1.29, 1.82) is 0 Å². The highest BCUT2D eigenvalue weighted by molar-refractivity contribution is 7.98. The number of amides is 3. The fourth-order valence-electron chi connectivity index (χ4n) is 3.59. The Morgan fingerprint density at radius 3 is 2.21 bits per heavy atom. The third-order valence-electron chi connectivity index (χ3n) is 5.44. The van der Waals surface area contributed by atoms with Crippen molar-refractivity contribution < 1.29 is 14.4 Å². The SMILES string of the molecule is O=C(Cc1ccc(N2CCCC2=O)cc1)NNC(=O)c1ccc(CSc2ccc(Cl)cc2)cc1. The summed E-state index contributed by atoms with van der Waals surface area (Å²) in [4.78, 5) is 39.3. The number of carbonyl (C=O) groups excluding carboxylic acids is 3. The van der Waals surface area contributed by atoms with Crippen LogP contribution in [0.5, 0.6) is 0 Å². The van der Waals surface area contributed by atoms with E-state index >= 15 is 0 Å². The Morgan fingerprint density at radius 2 is 1.56 bits per heavy atom. The van der Waals surface area contributed by atoms with E-state index in [1.807, 2.05) is 60.7 Å². The Labute approximate surface area is 207 Å². The Morgan fingerprint density at radius 1 is 0.882 bits per heavy atom. The maximum Gasteiger partial charge on any atom is 0.269 e. The van der Waals surface area contributed by atoms with E-state index in [1.54, 1.807) is 28.8 Å². The topological polar surface area (TPSA) is 78.5 Å². The van der Waals surface area contributed by atoms with E-state index < -0.39 is 0 Å². The summed E-state index contributed by atoms with van der Waals surface area (Å²) in [7, 11) is 0. The second-order valence-corrected chi connectivity index (χ2v) is 9.42. The molecule has 1 aliphatic heterocycles. The number of anilines is 1. The number of hydrazine groups is 1. The third-order valence-corrected chi connectivity index (χ3v) is 6.77. The second-order valence-electron chi connectivity index (χ2n) is 7.93. The molecule has 0 aliphatic carbocycles. The molecule has 3 aromatic rings. The number of nitrogens with one attached hydrogen (secondary N) is 2. The number of hydrogen-bond acceptors (Lipinski definition) is 4. The fraction of sp³-hybridized carbons (Fsp3) is 0.192. The first-order valence-electron chi connectivity index (χ1n) is 10.9. The van der Waals surface area contributed by atoms with E-state index in [0.717, 1.165) is 40.4 Å². The zero-order valence-electron chi connectivity index (χ0n) is 18.4. The van der Waals surface area contributed by atoms with Gasteiger partial charge in [-0.05, 0) is 66.1 Å².